The van der Waals surface area contributed by atoms with Crippen molar-refractivity contribution in [1.29, 1.82) is 0 Å². The number of amides is 1. The van der Waals surface area contributed by atoms with Crippen LogP contribution in [0, 0.1) is 0 Å². The third kappa shape index (κ3) is 3.76. The zero-order valence-corrected chi connectivity index (χ0v) is 14.9. The van der Waals surface area contributed by atoms with Gasteiger partial charge in [0.15, 0.2) is 0 Å². The maximum atomic E-state index is 12.4. The van der Waals surface area contributed by atoms with E-state index in [1.807, 2.05) is 40.1 Å². The number of aromatic nitrogens is 1. The zero-order valence-electron chi connectivity index (χ0n) is 14.1. The number of hydrogen-bond acceptors (Lipinski definition) is 5. The van der Waals surface area contributed by atoms with Gasteiger partial charge in [-0.1, -0.05) is 6.07 Å². The number of ether oxygens (including phenoxy) is 2. The van der Waals surface area contributed by atoms with Crippen LogP contribution >= 0.6 is 11.3 Å². The number of rotatable bonds is 4. The molecule has 132 valence electrons. The van der Waals surface area contributed by atoms with E-state index in [0.717, 1.165) is 43.5 Å². The van der Waals surface area contributed by atoms with E-state index in [0.29, 0.717) is 13.2 Å². The molecule has 0 aliphatic carbocycles. The third-order valence-electron chi connectivity index (χ3n) is 5.11. The van der Waals surface area contributed by atoms with Crippen LogP contribution in [0.3, 0.4) is 0 Å². The topological polar surface area (TPSA) is 51.7 Å². The van der Waals surface area contributed by atoms with E-state index in [1.54, 1.807) is 17.5 Å². The lowest BCUT2D eigenvalue weighted by molar-refractivity contribution is -0.0412. The Balaban J connectivity index is 1.28. The summed E-state index contributed by atoms with van der Waals surface area (Å²) in [6, 6.07) is 5.84. The second-order valence-corrected chi connectivity index (χ2v) is 7.58. The van der Waals surface area contributed by atoms with Crippen molar-refractivity contribution in [2.45, 2.75) is 37.6 Å². The van der Waals surface area contributed by atoms with E-state index in [2.05, 4.69) is 4.98 Å². The number of carbonyl (C=O) groups excluding carboxylic acids is 1. The Bertz CT molecular complexity index is 697. The molecule has 5 nitrogen and oxygen atoms in total. The molecule has 0 saturated carbocycles. The first-order chi connectivity index (χ1) is 12.2. The SMILES string of the molecule is O=C(c1ccsc1)N1CCC2(CC1)C[C@H](OCc1cccnc1)CO2. The van der Waals surface area contributed by atoms with Crippen molar-refractivity contribution >= 4 is 17.2 Å². The highest BCUT2D eigenvalue weighted by atomic mass is 32.1. The maximum Gasteiger partial charge on any atom is 0.254 e. The van der Waals surface area contributed by atoms with Gasteiger partial charge >= 0.3 is 0 Å². The minimum Gasteiger partial charge on any atom is -0.372 e. The fraction of sp³-hybridized carbons (Fsp3) is 0.474. The lowest BCUT2D eigenvalue weighted by Crippen LogP contribution is -2.46. The van der Waals surface area contributed by atoms with Gasteiger partial charge in [-0.15, -0.1) is 0 Å². The van der Waals surface area contributed by atoms with Crippen molar-refractivity contribution in [2.24, 2.45) is 0 Å². The third-order valence-corrected chi connectivity index (χ3v) is 5.80. The molecule has 6 heteroatoms. The molecule has 4 heterocycles. The van der Waals surface area contributed by atoms with Crippen LogP contribution in [0.25, 0.3) is 0 Å². The lowest BCUT2D eigenvalue weighted by atomic mass is 9.88. The van der Waals surface area contributed by atoms with Crippen LogP contribution in [0.2, 0.25) is 0 Å². The lowest BCUT2D eigenvalue weighted by Gasteiger charge is -2.38. The molecular weight excluding hydrogens is 336 g/mol. The van der Waals surface area contributed by atoms with Crippen LogP contribution in [-0.2, 0) is 16.1 Å². The molecule has 25 heavy (non-hydrogen) atoms. The van der Waals surface area contributed by atoms with Crippen molar-refractivity contribution in [3.05, 3.63) is 52.5 Å². The van der Waals surface area contributed by atoms with Gasteiger partial charge in [0.1, 0.15) is 0 Å². The summed E-state index contributed by atoms with van der Waals surface area (Å²) in [6.45, 7) is 2.72. The van der Waals surface area contributed by atoms with Crippen molar-refractivity contribution in [2.75, 3.05) is 19.7 Å². The first kappa shape index (κ1) is 16.7. The number of pyridine rings is 1. The summed E-state index contributed by atoms with van der Waals surface area (Å²) in [5.74, 6) is 0.137. The van der Waals surface area contributed by atoms with E-state index in [4.69, 9.17) is 9.47 Å². The molecule has 2 aliphatic heterocycles. The summed E-state index contributed by atoms with van der Waals surface area (Å²) in [7, 11) is 0. The van der Waals surface area contributed by atoms with Gasteiger partial charge in [-0.05, 0) is 35.9 Å². The van der Waals surface area contributed by atoms with Gasteiger partial charge in [0, 0.05) is 37.3 Å². The molecule has 2 aromatic rings. The zero-order chi connectivity index (χ0) is 17.1. The highest BCUT2D eigenvalue weighted by molar-refractivity contribution is 7.08. The molecule has 4 rings (SSSR count). The standard InChI is InChI=1S/C19H22N2O3S/c22-18(16-3-9-25-14-16)21-7-4-19(5-8-21)10-17(13-24-19)23-12-15-2-1-6-20-11-15/h1-3,6,9,11,14,17H,4-5,7-8,10,12-13H2/t17-/m0/s1. The molecule has 1 amide bonds. The molecule has 2 aromatic heterocycles. The first-order valence-corrected chi connectivity index (χ1v) is 9.64. The number of piperidine rings is 1. The predicted molar refractivity (Wildman–Crippen MR) is 95.6 cm³/mol. The van der Waals surface area contributed by atoms with E-state index in [1.165, 1.54) is 0 Å². The number of hydrogen-bond donors (Lipinski definition) is 0. The Labute approximate surface area is 151 Å². The van der Waals surface area contributed by atoms with Gasteiger partial charge in [-0.25, -0.2) is 0 Å². The average molecular weight is 358 g/mol. The molecule has 0 unspecified atom stereocenters. The van der Waals surface area contributed by atoms with Crippen LogP contribution in [0.1, 0.15) is 35.2 Å². The van der Waals surface area contributed by atoms with Gasteiger partial charge in [0.25, 0.3) is 5.91 Å². The van der Waals surface area contributed by atoms with Gasteiger partial charge in [-0.2, -0.15) is 11.3 Å². The summed E-state index contributed by atoms with van der Waals surface area (Å²) in [6.07, 6.45) is 6.40. The molecule has 1 spiro atoms. The predicted octanol–water partition coefficient (Wildman–Crippen LogP) is 3.12. The molecule has 0 N–H and O–H groups in total. The summed E-state index contributed by atoms with van der Waals surface area (Å²) >= 11 is 1.56. The van der Waals surface area contributed by atoms with Crippen molar-refractivity contribution in [3.8, 4) is 0 Å². The second kappa shape index (κ2) is 7.23. The van der Waals surface area contributed by atoms with E-state index >= 15 is 0 Å². The average Bonchev–Trinajstić information content (AvgIpc) is 3.32. The maximum absolute atomic E-state index is 12.4. The van der Waals surface area contributed by atoms with Crippen LogP contribution in [-0.4, -0.2) is 47.2 Å². The highest BCUT2D eigenvalue weighted by Crippen LogP contribution is 2.37. The Morgan fingerprint density at radius 3 is 3.00 bits per heavy atom. The summed E-state index contributed by atoms with van der Waals surface area (Å²) in [5, 5.41) is 3.87. The number of likely N-dealkylation sites (tertiary alicyclic amines) is 1. The van der Waals surface area contributed by atoms with Crippen molar-refractivity contribution < 1.29 is 14.3 Å². The monoisotopic (exact) mass is 358 g/mol. The quantitative estimate of drug-likeness (QED) is 0.843. The van der Waals surface area contributed by atoms with Crippen LogP contribution < -0.4 is 0 Å². The molecule has 2 saturated heterocycles. The molecule has 0 aromatic carbocycles. The minimum absolute atomic E-state index is 0.120. The number of thiophene rings is 1. The summed E-state index contributed by atoms with van der Waals surface area (Å²) in [5.41, 5.74) is 1.76. The molecule has 2 aliphatic rings. The Morgan fingerprint density at radius 1 is 1.40 bits per heavy atom. The molecule has 1 atom stereocenters. The Hall–Kier alpha value is -1.76. The summed E-state index contributed by atoms with van der Waals surface area (Å²) in [4.78, 5) is 18.5. The molecule has 0 radical (unpaired) electrons. The Kier molecular flexibility index (Phi) is 4.83. The van der Waals surface area contributed by atoms with E-state index < -0.39 is 0 Å². The molecular formula is C19H22N2O3S. The number of carbonyl (C=O) groups is 1. The fourth-order valence-electron chi connectivity index (χ4n) is 3.64. The molecule has 0 bridgehead atoms. The van der Waals surface area contributed by atoms with Crippen LogP contribution in [0.4, 0.5) is 0 Å². The number of nitrogens with zero attached hydrogens (tertiary/aromatic N) is 2. The van der Waals surface area contributed by atoms with Gasteiger partial charge in [-0.3, -0.25) is 9.78 Å². The minimum atomic E-state index is -0.120. The van der Waals surface area contributed by atoms with Gasteiger partial charge < -0.3 is 14.4 Å². The van der Waals surface area contributed by atoms with Crippen molar-refractivity contribution in [3.63, 3.8) is 0 Å². The van der Waals surface area contributed by atoms with Gasteiger partial charge in [0.2, 0.25) is 0 Å². The molecule has 2 fully saturated rings. The van der Waals surface area contributed by atoms with E-state index in [-0.39, 0.29) is 17.6 Å². The van der Waals surface area contributed by atoms with Crippen molar-refractivity contribution in [1.82, 2.24) is 9.88 Å². The van der Waals surface area contributed by atoms with E-state index in [9.17, 15) is 4.79 Å². The normalized spacial score (nSPS) is 22.4. The largest absolute Gasteiger partial charge is 0.372 e. The summed E-state index contributed by atoms with van der Waals surface area (Å²) < 4.78 is 12.1. The smallest absolute Gasteiger partial charge is 0.254 e. The highest BCUT2D eigenvalue weighted by Gasteiger charge is 2.43. The second-order valence-electron chi connectivity index (χ2n) is 6.80. The first-order valence-electron chi connectivity index (χ1n) is 8.70. The fourth-order valence-corrected chi connectivity index (χ4v) is 4.27. The van der Waals surface area contributed by atoms with Crippen LogP contribution in [0.5, 0.6) is 0 Å². The Morgan fingerprint density at radius 2 is 2.28 bits per heavy atom. The van der Waals surface area contributed by atoms with Gasteiger partial charge in [0.05, 0.1) is 30.5 Å². The van der Waals surface area contributed by atoms with Crippen LogP contribution in [0.15, 0.2) is 41.4 Å².